The number of carbonyl (C=O) groups is 1. The van der Waals surface area contributed by atoms with Gasteiger partial charge in [-0.25, -0.2) is 0 Å². The average Bonchev–Trinajstić information content (AvgIpc) is 3.51. The maximum absolute atomic E-state index is 12.7. The molecule has 0 radical (unpaired) electrons. The summed E-state index contributed by atoms with van der Waals surface area (Å²) in [7, 11) is 1.58. The van der Waals surface area contributed by atoms with Crippen molar-refractivity contribution in [1.29, 1.82) is 0 Å². The van der Waals surface area contributed by atoms with Gasteiger partial charge < -0.3 is 19.7 Å². The molecule has 5 rings (SSSR count). The number of amides is 1. The Morgan fingerprint density at radius 1 is 1.15 bits per heavy atom. The number of benzene rings is 1. The number of hydrogen-bond acceptors (Lipinski definition) is 7. The van der Waals surface area contributed by atoms with E-state index in [0.717, 1.165) is 35.7 Å². The van der Waals surface area contributed by atoms with Crippen LogP contribution in [-0.4, -0.2) is 52.7 Å². The highest BCUT2D eigenvalue weighted by Crippen LogP contribution is 2.42. The lowest BCUT2D eigenvalue weighted by Gasteiger charge is -2.25. The monoisotopic (exact) mass is 458 g/mol. The minimum atomic E-state index is -0.190. The lowest BCUT2D eigenvalue weighted by atomic mass is 9.85. The molecule has 9 nitrogen and oxygen atoms in total. The largest absolute Gasteiger partial charge is 0.493 e. The normalized spacial score (nSPS) is 17.1. The number of ether oxygens (including phenoxy) is 2. The van der Waals surface area contributed by atoms with E-state index in [9.17, 15) is 4.79 Å². The van der Waals surface area contributed by atoms with Gasteiger partial charge in [-0.15, -0.1) is 16.6 Å². The minimum Gasteiger partial charge on any atom is -0.493 e. The quantitative estimate of drug-likeness (QED) is 0.568. The minimum absolute atomic E-state index is 0.0908. The Morgan fingerprint density at radius 3 is 2.62 bits per heavy atom. The number of methoxy groups -OCH3 is 1. The van der Waals surface area contributed by atoms with E-state index in [2.05, 4.69) is 26.3 Å². The molecule has 2 aromatic heterocycles. The van der Waals surface area contributed by atoms with Crippen LogP contribution in [0.2, 0.25) is 0 Å². The number of carbonyl (C=O) groups excluding carboxylic acids is 1. The summed E-state index contributed by atoms with van der Waals surface area (Å²) in [5.74, 6) is 5.34. The van der Waals surface area contributed by atoms with Crippen molar-refractivity contribution in [3.05, 3.63) is 47.2 Å². The molecule has 0 aliphatic carbocycles. The highest BCUT2D eigenvalue weighted by molar-refractivity contribution is 5.95. The van der Waals surface area contributed by atoms with E-state index in [-0.39, 0.29) is 18.4 Å². The molecule has 3 aromatic rings. The van der Waals surface area contributed by atoms with Crippen molar-refractivity contribution in [2.45, 2.75) is 32.1 Å². The molecule has 1 fully saturated rings. The number of terminal acetylenes is 1. The predicted molar refractivity (Wildman–Crippen MR) is 128 cm³/mol. The highest BCUT2D eigenvalue weighted by Gasteiger charge is 2.33. The SMILES string of the molecule is C#CCOc1ccc([C@H]2CC(=O)Nc3c2c(C)nn3-c2ccc(N3CCCC3)nn2)cc1OC. The lowest BCUT2D eigenvalue weighted by molar-refractivity contribution is -0.116. The predicted octanol–water partition coefficient (Wildman–Crippen LogP) is 3.07. The van der Waals surface area contributed by atoms with E-state index in [0.29, 0.717) is 29.6 Å². The number of rotatable bonds is 6. The second kappa shape index (κ2) is 9.06. The smallest absolute Gasteiger partial charge is 0.226 e. The van der Waals surface area contributed by atoms with Crippen LogP contribution >= 0.6 is 0 Å². The van der Waals surface area contributed by atoms with Gasteiger partial charge in [-0.3, -0.25) is 4.79 Å². The number of fused-ring (bicyclic) bond motifs is 1. The highest BCUT2D eigenvalue weighted by atomic mass is 16.5. The summed E-state index contributed by atoms with van der Waals surface area (Å²) in [5.41, 5.74) is 2.69. The van der Waals surface area contributed by atoms with Gasteiger partial charge in [-0.05, 0) is 49.6 Å². The van der Waals surface area contributed by atoms with Gasteiger partial charge >= 0.3 is 0 Å². The van der Waals surface area contributed by atoms with Crippen LogP contribution in [0.4, 0.5) is 11.6 Å². The Bertz CT molecular complexity index is 1250. The fourth-order valence-corrected chi connectivity index (χ4v) is 4.68. The van der Waals surface area contributed by atoms with Crippen molar-refractivity contribution >= 4 is 17.5 Å². The summed E-state index contributed by atoms with van der Waals surface area (Å²) >= 11 is 0. The Hall–Kier alpha value is -4.06. The summed E-state index contributed by atoms with van der Waals surface area (Å²) < 4.78 is 12.7. The fraction of sp³-hybridized carbons (Fsp3) is 0.360. The van der Waals surface area contributed by atoms with E-state index in [4.69, 9.17) is 21.0 Å². The molecule has 174 valence electrons. The standard InChI is InChI=1S/C25H26N6O3/c1-4-13-34-19-8-7-17(14-20(19)33-3)18-15-23(32)26-25-24(18)16(2)29-31(25)22-10-9-21(27-28-22)30-11-5-6-12-30/h1,7-10,14,18H,5-6,11-13,15H2,2-3H3,(H,26,32)/t18-/m1/s1. The van der Waals surface area contributed by atoms with Crippen molar-refractivity contribution in [3.8, 4) is 29.7 Å². The van der Waals surface area contributed by atoms with Crippen molar-refractivity contribution < 1.29 is 14.3 Å². The molecule has 4 heterocycles. The third kappa shape index (κ3) is 3.92. The summed E-state index contributed by atoms with van der Waals surface area (Å²) in [6, 6.07) is 9.49. The molecule has 0 bridgehead atoms. The number of aromatic nitrogens is 4. The van der Waals surface area contributed by atoms with Gasteiger partial charge in [0.25, 0.3) is 0 Å². The van der Waals surface area contributed by atoms with Crippen LogP contribution in [0.25, 0.3) is 5.82 Å². The molecule has 1 atom stereocenters. The Labute approximate surface area is 198 Å². The van der Waals surface area contributed by atoms with Gasteiger partial charge in [-0.1, -0.05) is 12.0 Å². The molecule has 2 aliphatic rings. The molecule has 0 unspecified atom stereocenters. The number of aryl methyl sites for hydroxylation is 1. The van der Waals surface area contributed by atoms with Crippen LogP contribution in [-0.2, 0) is 4.79 Å². The number of nitrogens with one attached hydrogen (secondary N) is 1. The van der Waals surface area contributed by atoms with Crippen molar-refractivity contribution in [3.63, 3.8) is 0 Å². The van der Waals surface area contributed by atoms with Crippen molar-refractivity contribution in [1.82, 2.24) is 20.0 Å². The maximum atomic E-state index is 12.7. The molecule has 1 N–H and O–H groups in total. The lowest BCUT2D eigenvalue weighted by Crippen LogP contribution is -2.25. The van der Waals surface area contributed by atoms with Gasteiger partial charge in [0.05, 0.1) is 12.8 Å². The van der Waals surface area contributed by atoms with E-state index >= 15 is 0 Å². The fourth-order valence-electron chi connectivity index (χ4n) is 4.68. The van der Waals surface area contributed by atoms with E-state index < -0.39 is 0 Å². The third-order valence-electron chi connectivity index (χ3n) is 6.29. The third-order valence-corrected chi connectivity index (χ3v) is 6.29. The molecule has 2 aliphatic heterocycles. The van der Waals surface area contributed by atoms with Gasteiger partial charge in [-0.2, -0.15) is 9.78 Å². The first-order valence-corrected chi connectivity index (χ1v) is 11.3. The molecule has 34 heavy (non-hydrogen) atoms. The topological polar surface area (TPSA) is 94.4 Å². The van der Waals surface area contributed by atoms with Crippen LogP contribution in [0.5, 0.6) is 11.5 Å². The zero-order valence-corrected chi connectivity index (χ0v) is 19.2. The molecule has 1 amide bonds. The maximum Gasteiger partial charge on any atom is 0.226 e. The number of anilines is 2. The number of nitrogens with zero attached hydrogens (tertiary/aromatic N) is 5. The Balaban J connectivity index is 1.51. The van der Waals surface area contributed by atoms with Crippen LogP contribution < -0.4 is 19.7 Å². The van der Waals surface area contributed by atoms with E-state index in [1.807, 2.05) is 37.3 Å². The van der Waals surface area contributed by atoms with Gasteiger partial charge in [0.2, 0.25) is 5.91 Å². The first kappa shape index (κ1) is 21.8. The second-order valence-corrected chi connectivity index (χ2v) is 8.41. The first-order chi connectivity index (χ1) is 16.6. The summed E-state index contributed by atoms with van der Waals surface area (Å²) in [6.45, 7) is 4.08. The molecular weight excluding hydrogens is 432 g/mol. The summed E-state index contributed by atoms with van der Waals surface area (Å²) in [5, 5.41) is 16.5. The van der Waals surface area contributed by atoms with Gasteiger partial charge in [0.1, 0.15) is 12.4 Å². The Kier molecular flexibility index (Phi) is 5.80. The van der Waals surface area contributed by atoms with E-state index in [1.54, 1.807) is 11.8 Å². The molecule has 0 saturated carbocycles. The first-order valence-electron chi connectivity index (χ1n) is 11.3. The average molecular weight is 459 g/mol. The molecule has 1 saturated heterocycles. The molecular formula is C25H26N6O3. The Morgan fingerprint density at radius 2 is 1.91 bits per heavy atom. The zero-order chi connectivity index (χ0) is 23.7. The van der Waals surface area contributed by atoms with Crippen LogP contribution in [0.3, 0.4) is 0 Å². The van der Waals surface area contributed by atoms with Gasteiger partial charge in [0, 0.05) is 31.0 Å². The van der Waals surface area contributed by atoms with Crippen molar-refractivity contribution in [2.75, 3.05) is 37.0 Å². The molecule has 0 spiro atoms. The summed E-state index contributed by atoms with van der Waals surface area (Å²) in [4.78, 5) is 14.9. The second-order valence-electron chi connectivity index (χ2n) is 8.41. The van der Waals surface area contributed by atoms with E-state index in [1.165, 1.54) is 12.8 Å². The van der Waals surface area contributed by atoms with Gasteiger partial charge in [0.15, 0.2) is 23.1 Å². The van der Waals surface area contributed by atoms with Crippen LogP contribution in [0, 0.1) is 19.3 Å². The zero-order valence-electron chi connectivity index (χ0n) is 19.2. The molecule has 9 heteroatoms. The van der Waals surface area contributed by atoms with Crippen LogP contribution in [0.1, 0.15) is 42.0 Å². The summed E-state index contributed by atoms with van der Waals surface area (Å²) in [6.07, 6.45) is 7.95. The van der Waals surface area contributed by atoms with Crippen LogP contribution in [0.15, 0.2) is 30.3 Å². The van der Waals surface area contributed by atoms with Crippen molar-refractivity contribution in [2.24, 2.45) is 0 Å². The number of hydrogen-bond donors (Lipinski definition) is 1. The molecule has 1 aromatic carbocycles.